The van der Waals surface area contributed by atoms with Crippen molar-refractivity contribution in [3.8, 4) is 0 Å². The van der Waals surface area contributed by atoms with Crippen molar-refractivity contribution < 1.29 is 0 Å². The number of likely N-dealkylation sites (N-methyl/N-ethyl adjacent to an activating group) is 2. The second-order valence-corrected chi connectivity index (χ2v) is 4.03. The van der Waals surface area contributed by atoms with Gasteiger partial charge < -0.3 is 10.2 Å². The van der Waals surface area contributed by atoms with Crippen molar-refractivity contribution in [1.82, 2.24) is 10.3 Å². The average molecular weight is 207 g/mol. The Morgan fingerprint density at radius 3 is 2.73 bits per heavy atom. The fourth-order valence-corrected chi connectivity index (χ4v) is 1.60. The molecule has 3 heteroatoms. The zero-order valence-corrected chi connectivity index (χ0v) is 10.1. The fraction of sp³-hybridized carbons (Fsp3) is 0.583. The van der Waals surface area contributed by atoms with Crippen molar-refractivity contribution in [3.05, 3.63) is 23.9 Å². The van der Waals surface area contributed by atoms with Gasteiger partial charge in [0.2, 0.25) is 0 Å². The second kappa shape index (κ2) is 5.71. The van der Waals surface area contributed by atoms with E-state index in [0.717, 1.165) is 18.9 Å². The molecule has 1 aromatic heterocycles. The number of anilines is 1. The summed E-state index contributed by atoms with van der Waals surface area (Å²) in [5.41, 5.74) is 1.20. The smallest absolute Gasteiger partial charge is 0.128 e. The number of nitrogens with one attached hydrogen (secondary N) is 1. The largest absolute Gasteiger partial charge is 0.358 e. The van der Waals surface area contributed by atoms with Gasteiger partial charge >= 0.3 is 0 Å². The lowest BCUT2D eigenvalue weighted by Gasteiger charge is -2.22. The lowest BCUT2D eigenvalue weighted by Crippen LogP contribution is -2.37. The number of rotatable bonds is 5. The molecule has 1 unspecified atom stereocenters. The monoisotopic (exact) mass is 207 g/mol. The molecule has 0 amide bonds. The molecule has 0 fully saturated rings. The van der Waals surface area contributed by atoms with Crippen molar-refractivity contribution in [3.63, 3.8) is 0 Å². The zero-order valence-electron chi connectivity index (χ0n) is 10.1. The van der Waals surface area contributed by atoms with Crippen molar-refractivity contribution in [2.45, 2.75) is 26.8 Å². The third-order valence-electron chi connectivity index (χ3n) is 2.39. The van der Waals surface area contributed by atoms with E-state index < -0.39 is 0 Å². The van der Waals surface area contributed by atoms with E-state index in [1.165, 1.54) is 5.56 Å². The van der Waals surface area contributed by atoms with Crippen LogP contribution in [-0.2, 0) is 0 Å². The molecule has 0 aliphatic carbocycles. The van der Waals surface area contributed by atoms with E-state index in [4.69, 9.17) is 0 Å². The maximum atomic E-state index is 4.39. The highest BCUT2D eigenvalue weighted by Gasteiger charge is 2.06. The van der Waals surface area contributed by atoms with Crippen LogP contribution in [-0.4, -0.2) is 31.2 Å². The Hall–Kier alpha value is -1.09. The molecule has 1 N–H and O–H groups in total. The van der Waals surface area contributed by atoms with Crippen molar-refractivity contribution >= 4 is 5.82 Å². The van der Waals surface area contributed by atoms with Crippen molar-refractivity contribution in [1.29, 1.82) is 0 Å². The molecule has 0 saturated heterocycles. The molecule has 0 aromatic carbocycles. The SMILES string of the molecule is CCNC(C)CN(C)c1ccc(C)cn1. The highest BCUT2D eigenvalue weighted by molar-refractivity contribution is 5.38. The summed E-state index contributed by atoms with van der Waals surface area (Å²) in [6.07, 6.45) is 1.91. The highest BCUT2D eigenvalue weighted by atomic mass is 15.2. The first-order chi connectivity index (χ1) is 7.13. The molecule has 0 radical (unpaired) electrons. The number of pyridine rings is 1. The minimum Gasteiger partial charge on any atom is -0.358 e. The van der Waals surface area contributed by atoms with Gasteiger partial charge in [-0.05, 0) is 32.0 Å². The second-order valence-electron chi connectivity index (χ2n) is 4.03. The summed E-state index contributed by atoms with van der Waals surface area (Å²) in [5.74, 6) is 1.03. The van der Waals surface area contributed by atoms with Crippen LogP contribution < -0.4 is 10.2 Å². The molecule has 0 bridgehead atoms. The van der Waals surface area contributed by atoms with E-state index in [2.05, 4.69) is 55.2 Å². The molecule has 0 aliphatic heterocycles. The Kier molecular flexibility index (Phi) is 4.56. The lowest BCUT2D eigenvalue weighted by molar-refractivity contribution is 0.563. The molecule has 1 rings (SSSR count). The number of hydrogen-bond donors (Lipinski definition) is 1. The summed E-state index contributed by atoms with van der Waals surface area (Å²) in [6.45, 7) is 8.35. The standard InChI is InChI=1S/C12H21N3/c1-5-13-11(3)9-15(4)12-7-6-10(2)8-14-12/h6-8,11,13H,5,9H2,1-4H3. The van der Waals surface area contributed by atoms with Gasteiger partial charge in [-0.25, -0.2) is 4.98 Å². The molecular formula is C12H21N3. The first-order valence-electron chi connectivity index (χ1n) is 5.50. The van der Waals surface area contributed by atoms with E-state index in [9.17, 15) is 0 Å². The van der Waals surface area contributed by atoms with E-state index >= 15 is 0 Å². The predicted octanol–water partition coefficient (Wildman–Crippen LogP) is 1.82. The highest BCUT2D eigenvalue weighted by Crippen LogP contribution is 2.09. The molecule has 0 spiro atoms. The number of aryl methyl sites for hydroxylation is 1. The lowest BCUT2D eigenvalue weighted by atomic mass is 10.3. The quantitative estimate of drug-likeness (QED) is 0.798. The van der Waals surface area contributed by atoms with Gasteiger partial charge in [0.1, 0.15) is 5.82 Å². The molecule has 3 nitrogen and oxygen atoms in total. The van der Waals surface area contributed by atoms with Crippen LogP contribution in [0.1, 0.15) is 19.4 Å². The summed E-state index contributed by atoms with van der Waals surface area (Å²) >= 11 is 0. The third kappa shape index (κ3) is 3.88. The van der Waals surface area contributed by atoms with Gasteiger partial charge in [0.05, 0.1) is 0 Å². The summed E-state index contributed by atoms with van der Waals surface area (Å²) in [5, 5.41) is 3.39. The maximum absolute atomic E-state index is 4.39. The van der Waals surface area contributed by atoms with E-state index in [1.54, 1.807) is 0 Å². The number of nitrogens with zero attached hydrogens (tertiary/aromatic N) is 2. The Labute approximate surface area is 92.5 Å². The van der Waals surface area contributed by atoms with Gasteiger partial charge in [0.25, 0.3) is 0 Å². The maximum Gasteiger partial charge on any atom is 0.128 e. The van der Waals surface area contributed by atoms with Gasteiger partial charge in [-0.3, -0.25) is 0 Å². The summed E-state index contributed by atoms with van der Waals surface area (Å²) in [6, 6.07) is 4.65. The Morgan fingerprint density at radius 2 is 2.20 bits per heavy atom. The third-order valence-corrected chi connectivity index (χ3v) is 2.39. The van der Waals surface area contributed by atoms with E-state index in [-0.39, 0.29) is 0 Å². The average Bonchev–Trinajstić information content (AvgIpc) is 2.18. The van der Waals surface area contributed by atoms with Crippen LogP contribution >= 0.6 is 0 Å². The fourth-order valence-electron chi connectivity index (χ4n) is 1.60. The van der Waals surface area contributed by atoms with Crippen molar-refractivity contribution in [2.24, 2.45) is 0 Å². The van der Waals surface area contributed by atoms with Crippen LogP contribution in [0.2, 0.25) is 0 Å². The topological polar surface area (TPSA) is 28.2 Å². The summed E-state index contributed by atoms with van der Waals surface area (Å²) in [7, 11) is 2.07. The van der Waals surface area contributed by atoms with E-state index in [1.807, 2.05) is 6.20 Å². The minimum absolute atomic E-state index is 0.489. The Bertz CT molecular complexity index is 281. The van der Waals surface area contributed by atoms with Gasteiger partial charge in [0, 0.05) is 25.8 Å². The predicted molar refractivity (Wildman–Crippen MR) is 65.4 cm³/mol. The van der Waals surface area contributed by atoms with Gasteiger partial charge in [-0.2, -0.15) is 0 Å². The first kappa shape index (κ1) is 12.0. The molecule has 15 heavy (non-hydrogen) atoms. The molecule has 0 aliphatic rings. The molecule has 1 atom stereocenters. The van der Waals surface area contributed by atoms with Crippen LogP contribution in [0.15, 0.2) is 18.3 Å². The molecule has 84 valence electrons. The minimum atomic E-state index is 0.489. The summed E-state index contributed by atoms with van der Waals surface area (Å²) < 4.78 is 0. The van der Waals surface area contributed by atoms with Crippen LogP contribution in [0.4, 0.5) is 5.82 Å². The number of hydrogen-bond acceptors (Lipinski definition) is 3. The zero-order chi connectivity index (χ0) is 11.3. The Balaban J connectivity index is 2.53. The summed E-state index contributed by atoms with van der Waals surface area (Å²) in [4.78, 5) is 6.56. The van der Waals surface area contributed by atoms with Gasteiger partial charge in [0.15, 0.2) is 0 Å². The van der Waals surface area contributed by atoms with Crippen LogP contribution in [0, 0.1) is 6.92 Å². The van der Waals surface area contributed by atoms with E-state index in [0.29, 0.717) is 6.04 Å². The Morgan fingerprint density at radius 1 is 1.47 bits per heavy atom. The van der Waals surface area contributed by atoms with Gasteiger partial charge in [-0.1, -0.05) is 13.0 Å². The van der Waals surface area contributed by atoms with Crippen LogP contribution in [0.5, 0.6) is 0 Å². The van der Waals surface area contributed by atoms with Crippen molar-refractivity contribution in [2.75, 3.05) is 25.0 Å². The molecule has 0 saturated carbocycles. The molecule has 1 heterocycles. The number of aromatic nitrogens is 1. The molecule has 1 aromatic rings. The normalized spacial score (nSPS) is 12.5. The van der Waals surface area contributed by atoms with Gasteiger partial charge in [-0.15, -0.1) is 0 Å². The van der Waals surface area contributed by atoms with Crippen LogP contribution in [0.3, 0.4) is 0 Å². The first-order valence-corrected chi connectivity index (χ1v) is 5.50. The van der Waals surface area contributed by atoms with Crippen LogP contribution in [0.25, 0.3) is 0 Å². The molecular weight excluding hydrogens is 186 g/mol.